The first-order valence-electron chi connectivity index (χ1n) is 3.94. The normalized spacial score (nSPS) is 10.4. The van der Waals surface area contributed by atoms with Crippen LogP contribution >= 0.6 is 0 Å². The van der Waals surface area contributed by atoms with Gasteiger partial charge in [0.05, 0.1) is 18.1 Å². The average molecular weight is 194 g/mol. The van der Waals surface area contributed by atoms with Crippen molar-refractivity contribution in [2.45, 2.75) is 0 Å². The first-order chi connectivity index (χ1) is 6.74. The summed E-state index contributed by atoms with van der Waals surface area (Å²) >= 11 is 0. The Hall–Kier alpha value is -1.91. The van der Waals surface area contributed by atoms with E-state index in [0.29, 0.717) is 5.65 Å². The van der Waals surface area contributed by atoms with Crippen LogP contribution in [0.2, 0.25) is 0 Å². The molecular formula is C9H7FN2O2. The molecule has 2 rings (SSSR count). The Morgan fingerprint density at radius 2 is 2.43 bits per heavy atom. The predicted octanol–water partition coefficient (Wildman–Crippen LogP) is 1.49. The Labute approximate surface area is 78.7 Å². The molecule has 0 amide bonds. The number of nitrogens with one attached hydrogen (secondary N) is 1. The van der Waals surface area contributed by atoms with Crippen molar-refractivity contribution >= 4 is 17.0 Å². The zero-order chi connectivity index (χ0) is 10.1. The van der Waals surface area contributed by atoms with Crippen molar-refractivity contribution in [3.63, 3.8) is 0 Å². The lowest BCUT2D eigenvalue weighted by atomic mass is 10.2. The molecule has 4 nitrogen and oxygen atoms in total. The minimum atomic E-state index is -0.573. The molecule has 0 saturated carbocycles. The Morgan fingerprint density at radius 3 is 3.14 bits per heavy atom. The van der Waals surface area contributed by atoms with Gasteiger partial charge in [-0.3, -0.25) is 0 Å². The number of methoxy groups -OCH3 is 1. The van der Waals surface area contributed by atoms with Gasteiger partial charge in [-0.05, 0) is 6.07 Å². The zero-order valence-corrected chi connectivity index (χ0v) is 7.37. The van der Waals surface area contributed by atoms with Crippen molar-refractivity contribution in [1.82, 2.24) is 9.97 Å². The number of nitrogens with zero attached hydrogens (tertiary/aromatic N) is 1. The molecule has 2 aromatic rings. The number of aromatic nitrogens is 2. The number of carbonyl (C=O) groups excluding carboxylic acids is 1. The zero-order valence-electron chi connectivity index (χ0n) is 7.37. The quantitative estimate of drug-likeness (QED) is 0.699. The molecule has 0 saturated heterocycles. The summed E-state index contributed by atoms with van der Waals surface area (Å²) in [4.78, 5) is 17.7. The largest absolute Gasteiger partial charge is 0.465 e. The molecule has 2 heterocycles. The van der Waals surface area contributed by atoms with Gasteiger partial charge in [0.25, 0.3) is 0 Å². The van der Waals surface area contributed by atoms with E-state index in [1.165, 1.54) is 19.4 Å². The van der Waals surface area contributed by atoms with Gasteiger partial charge in [-0.15, -0.1) is 0 Å². The van der Waals surface area contributed by atoms with E-state index in [-0.39, 0.29) is 10.9 Å². The molecule has 14 heavy (non-hydrogen) atoms. The van der Waals surface area contributed by atoms with Gasteiger partial charge in [0, 0.05) is 12.4 Å². The van der Waals surface area contributed by atoms with Gasteiger partial charge in [-0.25, -0.2) is 14.2 Å². The highest BCUT2D eigenvalue weighted by molar-refractivity contribution is 6.02. The highest BCUT2D eigenvalue weighted by Gasteiger charge is 2.15. The molecule has 1 N–H and O–H groups in total. The fourth-order valence-corrected chi connectivity index (χ4v) is 1.30. The van der Waals surface area contributed by atoms with E-state index in [1.54, 1.807) is 0 Å². The van der Waals surface area contributed by atoms with Crippen LogP contribution < -0.4 is 0 Å². The molecule has 0 atom stereocenters. The lowest BCUT2D eigenvalue weighted by Crippen LogP contribution is -2.02. The van der Waals surface area contributed by atoms with Crippen LogP contribution in [0, 0.1) is 5.82 Å². The number of aromatic amines is 1. The molecule has 0 bridgehead atoms. The van der Waals surface area contributed by atoms with Crippen molar-refractivity contribution < 1.29 is 13.9 Å². The molecular weight excluding hydrogens is 187 g/mol. The molecule has 0 unspecified atom stereocenters. The lowest BCUT2D eigenvalue weighted by molar-refractivity contribution is 0.0602. The van der Waals surface area contributed by atoms with Crippen LogP contribution in [-0.4, -0.2) is 23.0 Å². The van der Waals surface area contributed by atoms with Gasteiger partial charge in [0.2, 0.25) is 0 Å². The third-order valence-corrected chi connectivity index (χ3v) is 1.93. The third-order valence-electron chi connectivity index (χ3n) is 1.93. The fraction of sp³-hybridized carbons (Fsp3) is 0.111. The van der Waals surface area contributed by atoms with E-state index in [0.717, 1.165) is 6.20 Å². The maximum Gasteiger partial charge on any atom is 0.338 e. The topological polar surface area (TPSA) is 55.0 Å². The molecule has 72 valence electrons. The predicted molar refractivity (Wildman–Crippen MR) is 47.4 cm³/mol. The van der Waals surface area contributed by atoms with Gasteiger partial charge in [-0.2, -0.15) is 0 Å². The number of H-pyrrole nitrogens is 1. The van der Waals surface area contributed by atoms with Gasteiger partial charge < -0.3 is 9.72 Å². The Bertz CT molecular complexity index is 493. The number of ether oxygens (including phenoxy) is 1. The minimum Gasteiger partial charge on any atom is -0.465 e. The Morgan fingerprint density at radius 1 is 1.64 bits per heavy atom. The van der Waals surface area contributed by atoms with E-state index in [1.807, 2.05) is 0 Å². The molecule has 2 aromatic heterocycles. The van der Waals surface area contributed by atoms with Crippen LogP contribution in [0.15, 0.2) is 18.5 Å². The number of pyridine rings is 1. The van der Waals surface area contributed by atoms with Crippen LogP contribution in [0.1, 0.15) is 10.4 Å². The van der Waals surface area contributed by atoms with Crippen molar-refractivity contribution in [3.05, 3.63) is 29.8 Å². The summed E-state index contributed by atoms with van der Waals surface area (Å²) in [5.74, 6) is -1.08. The smallest absolute Gasteiger partial charge is 0.338 e. The second-order valence-corrected chi connectivity index (χ2v) is 2.71. The highest BCUT2D eigenvalue weighted by atomic mass is 19.1. The van der Waals surface area contributed by atoms with E-state index >= 15 is 0 Å². The molecule has 0 aliphatic rings. The maximum absolute atomic E-state index is 13.2. The molecule has 0 spiro atoms. The number of hydrogen-bond donors (Lipinski definition) is 1. The molecule has 0 aromatic carbocycles. The van der Waals surface area contributed by atoms with Crippen LogP contribution in [0.3, 0.4) is 0 Å². The van der Waals surface area contributed by atoms with Crippen LogP contribution in [-0.2, 0) is 4.74 Å². The summed E-state index contributed by atoms with van der Waals surface area (Å²) in [5, 5.41) is 0.166. The number of hydrogen-bond acceptors (Lipinski definition) is 3. The first kappa shape index (κ1) is 8.68. The molecule has 0 aliphatic carbocycles. The molecule has 5 heteroatoms. The van der Waals surface area contributed by atoms with Crippen molar-refractivity contribution in [2.24, 2.45) is 0 Å². The van der Waals surface area contributed by atoms with Gasteiger partial charge >= 0.3 is 5.97 Å². The monoisotopic (exact) mass is 194 g/mol. The maximum atomic E-state index is 13.2. The van der Waals surface area contributed by atoms with Crippen LogP contribution in [0.25, 0.3) is 11.0 Å². The SMILES string of the molecule is COC(=O)c1ccnc2[nH]cc(F)c12. The number of esters is 1. The standard InChI is InChI=1S/C9H7FN2O2/c1-14-9(13)5-2-3-11-8-7(5)6(10)4-12-8/h2-4H,1H3,(H,11,12). The first-order valence-corrected chi connectivity index (χ1v) is 3.94. The average Bonchev–Trinajstić information content (AvgIpc) is 2.59. The van der Waals surface area contributed by atoms with Crippen molar-refractivity contribution in [3.8, 4) is 0 Å². The summed E-state index contributed by atoms with van der Waals surface area (Å²) in [6.45, 7) is 0. The van der Waals surface area contributed by atoms with E-state index in [9.17, 15) is 9.18 Å². The summed E-state index contributed by atoms with van der Waals surface area (Å²) in [6.07, 6.45) is 2.58. The molecule has 0 aliphatic heterocycles. The van der Waals surface area contributed by atoms with Gasteiger partial charge in [0.1, 0.15) is 5.65 Å². The van der Waals surface area contributed by atoms with Gasteiger partial charge in [-0.1, -0.05) is 0 Å². The number of carbonyl (C=O) groups is 1. The van der Waals surface area contributed by atoms with Gasteiger partial charge in [0.15, 0.2) is 5.82 Å². The number of halogens is 1. The number of rotatable bonds is 1. The Kier molecular flexibility index (Phi) is 1.92. The number of fused-ring (bicyclic) bond motifs is 1. The summed E-state index contributed by atoms with van der Waals surface area (Å²) in [7, 11) is 1.25. The summed E-state index contributed by atoms with van der Waals surface area (Å²) in [5.41, 5.74) is 0.515. The fourth-order valence-electron chi connectivity index (χ4n) is 1.30. The van der Waals surface area contributed by atoms with Crippen molar-refractivity contribution in [1.29, 1.82) is 0 Å². The summed E-state index contributed by atoms with van der Waals surface area (Å²) < 4.78 is 17.7. The van der Waals surface area contributed by atoms with E-state index in [2.05, 4.69) is 14.7 Å². The molecule has 0 fully saturated rings. The Balaban J connectivity index is 2.75. The van der Waals surface area contributed by atoms with Crippen LogP contribution in [0.4, 0.5) is 4.39 Å². The van der Waals surface area contributed by atoms with E-state index in [4.69, 9.17) is 0 Å². The van der Waals surface area contributed by atoms with Crippen molar-refractivity contribution in [2.75, 3.05) is 7.11 Å². The lowest BCUT2D eigenvalue weighted by Gasteiger charge is -1.99. The summed E-state index contributed by atoms with van der Waals surface area (Å²) in [6, 6.07) is 1.42. The second kappa shape index (κ2) is 3.10. The minimum absolute atomic E-state index is 0.166. The van der Waals surface area contributed by atoms with Crippen LogP contribution in [0.5, 0.6) is 0 Å². The second-order valence-electron chi connectivity index (χ2n) is 2.71. The van der Waals surface area contributed by atoms with E-state index < -0.39 is 11.8 Å². The third kappa shape index (κ3) is 1.14. The molecule has 0 radical (unpaired) electrons. The highest BCUT2D eigenvalue weighted by Crippen LogP contribution is 2.19.